The molecule has 1 aliphatic carbocycles. The Labute approximate surface area is 86.6 Å². The summed E-state index contributed by atoms with van der Waals surface area (Å²) in [7, 11) is 0. The highest BCUT2D eigenvalue weighted by Gasteiger charge is 2.27. The lowest BCUT2D eigenvalue weighted by Gasteiger charge is -2.16. The first-order chi connectivity index (χ1) is 6.99. The normalized spacial score (nSPS) is 27.2. The van der Waals surface area contributed by atoms with Gasteiger partial charge in [0.05, 0.1) is 12.7 Å². The van der Waals surface area contributed by atoms with Crippen molar-refractivity contribution in [3.05, 3.63) is 0 Å². The summed E-state index contributed by atoms with van der Waals surface area (Å²) in [4.78, 5) is 0. The van der Waals surface area contributed by atoms with Gasteiger partial charge >= 0.3 is 6.18 Å². The molecule has 90 valence electrons. The van der Waals surface area contributed by atoms with Crippen LogP contribution in [0.2, 0.25) is 0 Å². The first-order valence-corrected chi connectivity index (χ1v) is 5.05. The lowest BCUT2D eigenvalue weighted by atomic mass is 10.2. The van der Waals surface area contributed by atoms with E-state index in [0.717, 1.165) is 19.3 Å². The van der Waals surface area contributed by atoms with Gasteiger partial charge in [-0.3, -0.25) is 0 Å². The molecule has 1 saturated carbocycles. The molecule has 0 aromatic rings. The maximum absolute atomic E-state index is 11.7. The van der Waals surface area contributed by atoms with Gasteiger partial charge in [-0.2, -0.15) is 13.2 Å². The van der Waals surface area contributed by atoms with Gasteiger partial charge in [0, 0.05) is 12.6 Å². The topological polar surface area (TPSA) is 41.5 Å². The molecule has 1 rings (SSSR count). The van der Waals surface area contributed by atoms with Gasteiger partial charge in [-0.1, -0.05) is 0 Å². The molecule has 1 aliphatic rings. The van der Waals surface area contributed by atoms with E-state index < -0.39 is 12.8 Å². The molecule has 0 bridgehead atoms. The predicted molar refractivity (Wildman–Crippen MR) is 48.5 cm³/mol. The number of nitrogens with one attached hydrogen (secondary N) is 1. The van der Waals surface area contributed by atoms with Gasteiger partial charge in [-0.25, -0.2) is 0 Å². The zero-order valence-corrected chi connectivity index (χ0v) is 8.39. The number of aliphatic hydroxyl groups excluding tert-OH is 1. The second-order valence-electron chi connectivity index (χ2n) is 3.73. The van der Waals surface area contributed by atoms with Crippen molar-refractivity contribution in [1.29, 1.82) is 0 Å². The van der Waals surface area contributed by atoms with Crippen LogP contribution in [-0.2, 0) is 4.74 Å². The molecule has 0 aromatic carbocycles. The van der Waals surface area contributed by atoms with Crippen LogP contribution < -0.4 is 5.32 Å². The summed E-state index contributed by atoms with van der Waals surface area (Å²) in [6.07, 6.45) is -2.02. The zero-order chi connectivity index (χ0) is 11.3. The van der Waals surface area contributed by atoms with E-state index in [9.17, 15) is 18.3 Å². The average Bonchev–Trinajstić information content (AvgIpc) is 2.49. The van der Waals surface area contributed by atoms with Gasteiger partial charge in [-0.15, -0.1) is 0 Å². The van der Waals surface area contributed by atoms with E-state index in [-0.39, 0.29) is 18.8 Å². The Morgan fingerprint density at radius 3 is 2.60 bits per heavy atom. The highest BCUT2D eigenvalue weighted by molar-refractivity contribution is 4.82. The lowest BCUT2D eigenvalue weighted by Crippen LogP contribution is -2.37. The lowest BCUT2D eigenvalue weighted by molar-refractivity contribution is -0.173. The first-order valence-electron chi connectivity index (χ1n) is 5.05. The Bertz CT molecular complexity index is 187. The van der Waals surface area contributed by atoms with Crippen molar-refractivity contribution >= 4 is 0 Å². The van der Waals surface area contributed by atoms with Gasteiger partial charge in [0.1, 0.15) is 6.61 Å². The van der Waals surface area contributed by atoms with Crippen LogP contribution in [0.25, 0.3) is 0 Å². The van der Waals surface area contributed by atoms with Crippen LogP contribution in [0.1, 0.15) is 19.3 Å². The highest BCUT2D eigenvalue weighted by atomic mass is 19.4. The Hall–Kier alpha value is -0.330. The highest BCUT2D eigenvalue weighted by Crippen LogP contribution is 2.18. The number of hydrogen-bond acceptors (Lipinski definition) is 3. The molecule has 6 heteroatoms. The van der Waals surface area contributed by atoms with Crippen LogP contribution in [-0.4, -0.2) is 43.2 Å². The molecule has 0 aliphatic heterocycles. The van der Waals surface area contributed by atoms with Crippen LogP contribution in [0, 0.1) is 0 Å². The van der Waals surface area contributed by atoms with E-state index in [1.165, 1.54) is 0 Å². The van der Waals surface area contributed by atoms with E-state index in [0.29, 0.717) is 6.54 Å². The Balaban J connectivity index is 1.97. The molecular weight excluding hydrogens is 211 g/mol. The summed E-state index contributed by atoms with van der Waals surface area (Å²) < 4.78 is 39.4. The predicted octanol–water partition coefficient (Wildman–Crippen LogP) is 1.07. The zero-order valence-electron chi connectivity index (χ0n) is 8.39. The van der Waals surface area contributed by atoms with E-state index >= 15 is 0 Å². The maximum Gasteiger partial charge on any atom is 0.411 e. The third kappa shape index (κ3) is 5.34. The van der Waals surface area contributed by atoms with Gasteiger partial charge in [0.15, 0.2) is 0 Å². The molecule has 15 heavy (non-hydrogen) atoms. The summed E-state index contributed by atoms with van der Waals surface area (Å²) in [6.45, 7) is -0.845. The van der Waals surface area contributed by atoms with Gasteiger partial charge in [0.2, 0.25) is 0 Å². The molecule has 0 spiro atoms. The fourth-order valence-electron chi connectivity index (χ4n) is 1.68. The largest absolute Gasteiger partial charge is 0.411 e. The molecule has 0 heterocycles. The molecule has 1 fully saturated rings. The fraction of sp³-hybridized carbons (Fsp3) is 1.00. The summed E-state index contributed by atoms with van der Waals surface area (Å²) in [5, 5.41) is 12.4. The Morgan fingerprint density at radius 1 is 1.33 bits per heavy atom. The molecule has 3 nitrogen and oxygen atoms in total. The van der Waals surface area contributed by atoms with Crippen LogP contribution in [0.5, 0.6) is 0 Å². The van der Waals surface area contributed by atoms with Crippen molar-refractivity contribution in [3.63, 3.8) is 0 Å². The van der Waals surface area contributed by atoms with Crippen molar-refractivity contribution in [2.24, 2.45) is 0 Å². The minimum absolute atomic E-state index is 0.0134. The Kier molecular flexibility index (Phi) is 4.82. The van der Waals surface area contributed by atoms with Crippen molar-refractivity contribution in [3.8, 4) is 0 Å². The Morgan fingerprint density at radius 2 is 2.07 bits per heavy atom. The van der Waals surface area contributed by atoms with Crippen LogP contribution >= 0.6 is 0 Å². The van der Waals surface area contributed by atoms with Crippen LogP contribution in [0.3, 0.4) is 0 Å². The quantitative estimate of drug-likeness (QED) is 0.690. The monoisotopic (exact) mass is 227 g/mol. The smallest absolute Gasteiger partial charge is 0.392 e. The number of ether oxygens (including phenoxy) is 1. The molecular formula is C9H16F3NO2. The van der Waals surface area contributed by atoms with E-state index in [1.54, 1.807) is 0 Å². The molecule has 0 amide bonds. The average molecular weight is 227 g/mol. The molecule has 0 aromatic heterocycles. The SMILES string of the molecule is O[C@H]1CCC[C@@H]1NCCOCC(F)(F)F. The molecule has 0 saturated heterocycles. The first kappa shape index (κ1) is 12.7. The second-order valence-corrected chi connectivity index (χ2v) is 3.73. The van der Waals surface area contributed by atoms with Gasteiger partial charge in [-0.05, 0) is 19.3 Å². The molecule has 0 radical (unpaired) electrons. The van der Waals surface area contributed by atoms with Gasteiger partial charge < -0.3 is 15.2 Å². The number of alkyl halides is 3. The van der Waals surface area contributed by atoms with Crippen molar-refractivity contribution in [2.45, 2.75) is 37.6 Å². The van der Waals surface area contributed by atoms with E-state index in [2.05, 4.69) is 10.1 Å². The number of rotatable bonds is 5. The van der Waals surface area contributed by atoms with E-state index in [4.69, 9.17) is 0 Å². The maximum atomic E-state index is 11.7. The summed E-state index contributed by atoms with van der Waals surface area (Å²) in [6, 6.07) is 0.0134. The minimum Gasteiger partial charge on any atom is -0.392 e. The van der Waals surface area contributed by atoms with Crippen LogP contribution in [0.4, 0.5) is 13.2 Å². The number of hydrogen-bond donors (Lipinski definition) is 2. The minimum atomic E-state index is -4.26. The standard InChI is InChI=1S/C9H16F3NO2/c10-9(11,12)6-15-5-4-13-7-2-1-3-8(7)14/h7-8,13-14H,1-6H2/t7-,8-/m0/s1. The summed E-state index contributed by atoms with van der Waals surface area (Å²) in [5.41, 5.74) is 0. The van der Waals surface area contributed by atoms with Gasteiger partial charge in [0.25, 0.3) is 0 Å². The third-order valence-corrected chi connectivity index (χ3v) is 2.40. The summed E-state index contributed by atoms with van der Waals surface area (Å²) in [5.74, 6) is 0. The van der Waals surface area contributed by atoms with Crippen molar-refractivity contribution in [1.82, 2.24) is 5.32 Å². The van der Waals surface area contributed by atoms with E-state index in [1.807, 2.05) is 0 Å². The number of aliphatic hydroxyl groups is 1. The molecule has 2 atom stereocenters. The second kappa shape index (κ2) is 5.67. The number of halogens is 3. The third-order valence-electron chi connectivity index (χ3n) is 2.40. The van der Waals surface area contributed by atoms with Crippen molar-refractivity contribution in [2.75, 3.05) is 19.8 Å². The summed E-state index contributed by atoms with van der Waals surface area (Å²) >= 11 is 0. The fourth-order valence-corrected chi connectivity index (χ4v) is 1.68. The molecule has 0 unspecified atom stereocenters. The van der Waals surface area contributed by atoms with Crippen LogP contribution in [0.15, 0.2) is 0 Å². The van der Waals surface area contributed by atoms with Crippen molar-refractivity contribution < 1.29 is 23.0 Å². The molecule has 2 N–H and O–H groups in total.